The van der Waals surface area contributed by atoms with Crippen molar-refractivity contribution < 1.29 is 8.78 Å². The molecule has 0 spiro atoms. The average Bonchev–Trinajstić information content (AvgIpc) is 2.84. The van der Waals surface area contributed by atoms with Gasteiger partial charge in [0, 0.05) is 4.88 Å². The minimum Gasteiger partial charge on any atom is -0.376 e. The second-order valence-corrected chi connectivity index (χ2v) is 5.49. The Morgan fingerprint density at radius 1 is 1.22 bits per heavy atom. The molecule has 0 aliphatic heterocycles. The first kappa shape index (κ1) is 11.7. The largest absolute Gasteiger partial charge is 0.376 e. The molecule has 94 valence electrons. The Bertz CT molecular complexity index is 565. The zero-order chi connectivity index (χ0) is 12.5. The van der Waals surface area contributed by atoms with Crippen molar-refractivity contribution >= 4 is 17.0 Å². The van der Waals surface area contributed by atoms with Crippen LogP contribution in [0.25, 0.3) is 0 Å². The Kier molecular flexibility index (Phi) is 3.04. The van der Waals surface area contributed by atoms with Crippen LogP contribution >= 0.6 is 11.3 Å². The number of fused-ring (bicyclic) bond motifs is 1. The number of anilines is 1. The van der Waals surface area contributed by atoms with Crippen LogP contribution in [0, 0.1) is 11.6 Å². The summed E-state index contributed by atoms with van der Waals surface area (Å²) in [5.41, 5.74) is 1.48. The van der Waals surface area contributed by atoms with Crippen LogP contribution in [0.4, 0.5) is 14.5 Å². The topological polar surface area (TPSA) is 12.0 Å². The van der Waals surface area contributed by atoms with Crippen LogP contribution in [-0.4, -0.2) is 0 Å². The van der Waals surface area contributed by atoms with Gasteiger partial charge in [0.15, 0.2) is 11.6 Å². The summed E-state index contributed by atoms with van der Waals surface area (Å²) in [5.74, 6) is -1.60. The molecule has 2 aromatic rings. The van der Waals surface area contributed by atoms with Crippen molar-refractivity contribution in [2.45, 2.75) is 25.3 Å². The molecule has 0 bridgehead atoms. The van der Waals surface area contributed by atoms with Gasteiger partial charge in [-0.15, -0.1) is 11.3 Å². The zero-order valence-electron chi connectivity index (χ0n) is 9.75. The van der Waals surface area contributed by atoms with Crippen LogP contribution < -0.4 is 5.32 Å². The quantitative estimate of drug-likeness (QED) is 0.842. The molecule has 3 rings (SSSR count). The fourth-order valence-corrected chi connectivity index (χ4v) is 3.43. The summed E-state index contributed by atoms with van der Waals surface area (Å²) in [7, 11) is 0. The van der Waals surface area contributed by atoms with E-state index in [-0.39, 0.29) is 11.7 Å². The van der Waals surface area contributed by atoms with Crippen LogP contribution in [0.1, 0.15) is 29.3 Å². The Morgan fingerprint density at radius 3 is 3.00 bits per heavy atom. The fourth-order valence-electron chi connectivity index (χ4n) is 2.44. The van der Waals surface area contributed by atoms with Crippen molar-refractivity contribution in [3.63, 3.8) is 0 Å². The van der Waals surface area contributed by atoms with Gasteiger partial charge in [0.1, 0.15) is 0 Å². The lowest BCUT2D eigenvalue weighted by molar-refractivity contribution is 0.507. The number of thiophene rings is 1. The molecule has 1 nitrogen and oxygen atoms in total. The van der Waals surface area contributed by atoms with Gasteiger partial charge in [-0.1, -0.05) is 6.07 Å². The van der Waals surface area contributed by atoms with E-state index < -0.39 is 11.6 Å². The molecular weight excluding hydrogens is 252 g/mol. The van der Waals surface area contributed by atoms with E-state index in [1.54, 1.807) is 17.4 Å². The van der Waals surface area contributed by atoms with Gasteiger partial charge in [-0.3, -0.25) is 0 Å². The normalized spacial score (nSPS) is 18.4. The molecule has 0 amide bonds. The summed E-state index contributed by atoms with van der Waals surface area (Å²) in [6.07, 6.45) is 3.14. The molecule has 1 aliphatic carbocycles. The Labute approximate surface area is 108 Å². The molecule has 1 heterocycles. The number of hydrogen-bond donors (Lipinski definition) is 1. The Morgan fingerprint density at radius 2 is 2.11 bits per heavy atom. The first-order valence-electron chi connectivity index (χ1n) is 6.02. The van der Waals surface area contributed by atoms with Gasteiger partial charge in [-0.05, 0) is 48.4 Å². The van der Waals surface area contributed by atoms with Gasteiger partial charge >= 0.3 is 0 Å². The molecule has 1 N–H and O–H groups in total. The second kappa shape index (κ2) is 4.69. The van der Waals surface area contributed by atoms with E-state index in [9.17, 15) is 8.78 Å². The number of nitrogens with one attached hydrogen (secondary N) is 1. The number of hydrogen-bond acceptors (Lipinski definition) is 2. The maximum absolute atomic E-state index is 13.6. The third-order valence-corrected chi connectivity index (χ3v) is 4.33. The van der Waals surface area contributed by atoms with Crippen LogP contribution in [0.2, 0.25) is 0 Å². The molecule has 18 heavy (non-hydrogen) atoms. The monoisotopic (exact) mass is 265 g/mol. The second-order valence-electron chi connectivity index (χ2n) is 4.49. The zero-order valence-corrected chi connectivity index (χ0v) is 10.6. The molecule has 0 fully saturated rings. The third kappa shape index (κ3) is 2.01. The average molecular weight is 265 g/mol. The van der Waals surface area contributed by atoms with Crippen LogP contribution in [0.5, 0.6) is 0 Å². The highest BCUT2D eigenvalue weighted by molar-refractivity contribution is 7.10. The smallest absolute Gasteiger partial charge is 0.181 e. The first-order valence-corrected chi connectivity index (χ1v) is 6.90. The van der Waals surface area contributed by atoms with E-state index in [1.807, 2.05) is 0 Å². The first-order chi connectivity index (χ1) is 8.75. The van der Waals surface area contributed by atoms with Crippen molar-refractivity contribution in [1.82, 2.24) is 0 Å². The molecule has 0 saturated carbocycles. The highest BCUT2D eigenvalue weighted by atomic mass is 32.1. The van der Waals surface area contributed by atoms with Crippen LogP contribution in [-0.2, 0) is 6.42 Å². The maximum atomic E-state index is 13.6. The lowest BCUT2D eigenvalue weighted by Crippen LogP contribution is -2.16. The highest BCUT2D eigenvalue weighted by Crippen LogP contribution is 2.36. The third-order valence-electron chi connectivity index (χ3n) is 3.33. The minimum atomic E-state index is -0.804. The predicted octanol–water partition coefficient (Wildman–Crippen LogP) is 4.52. The number of aryl methyl sites for hydroxylation is 1. The van der Waals surface area contributed by atoms with E-state index in [0.29, 0.717) is 0 Å². The van der Waals surface area contributed by atoms with E-state index in [2.05, 4.69) is 16.8 Å². The van der Waals surface area contributed by atoms with Crippen molar-refractivity contribution in [2.24, 2.45) is 0 Å². The molecule has 1 atom stereocenters. The Balaban J connectivity index is 1.88. The summed E-state index contributed by atoms with van der Waals surface area (Å²) in [4.78, 5) is 1.36. The van der Waals surface area contributed by atoms with Gasteiger partial charge in [-0.2, -0.15) is 0 Å². The molecular formula is C14H13F2NS. The van der Waals surface area contributed by atoms with Crippen molar-refractivity contribution in [3.8, 4) is 0 Å². The van der Waals surface area contributed by atoms with Crippen molar-refractivity contribution in [1.29, 1.82) is 0 Å². The molecule has 1 unspecified atom stereocenters. The highest BCUT2D eigenvalue weighted by Gasteiger charge is 2.22. The van der Waals surface area contributed by atoms with Gasteiger partial charge in [0.2, 0.25) is 0 Å². The summed E-state index contributed by atoms with van der Waals surface area (Å²) in [6.45, 7) is 0. The Hall–Kier alpha value is -1.42. The van der Waals surface area contributed by atoms with Gasteiger partial charge < -0.3 is 5.32 Å². The lowest BCUT2D eigenvalue weighted by Gasteiger charge is -2.25. The SMILES string of the molecule is Fc1cccc(NC2CCCc3sccc32)c1F. The van der Waals surface area contributed by atoms with Gasteiger partial charge in [-0.25, -0.2) is 8.78 Å². The minimum absolute atomic E-state index is 0.0938. The van der Waals surface area contributed by atoms with E-state index in [4.69, 9.17) is 0 Å². The van der Waals surface area contributed by atoms with Crippen molar-refractivity contribution in [3.05, 3.63) is 51.7 Å². The summed E-state index contributed by atoms with van der Waals surface area (Å²) in [6, 6.07) is 6.42. The standard InChI is InChI=1S/C14H13F2NS/c15-10-3-1-5-12(14(10)16)17-11-4-2-6-13-9(11)7-8-18-13/h1,3,5,7-8,11,17H,2,4,6H2. The fraction of sp³-hybridized carbons (Fsp3) is 0.286. The molecule has 4 heteroatoms. The predicted molar refractivity (Wildman–Crippen MR) is 70.0 cm³/mol. The summed E-state index contributed by atoms with van der Waals surface area (Å²) >= 11 is 1.74. The molecule has 0 saturated heterocycles. The summed E-state index contributed by atoms with van der Waals surface area (Å²) < 4.78 is 26.8. The van der Waals surface area contributed by atoms with Crippen LogP contribution in [0.15, 0.2) is 29.6 Å². The van der Waals surface area contributed by atoms with Gasteiger partial charge in [0.25, 0.3) is 0 Å². The summed E-state index contributed by atoms with van der Waals surface area (Å²) in [5, 5.41) is 5.19. The molecule has 0 radical (unpaired) electrons. The van der Waals surface area contributed by atoms with Gasteiger partial charge in [0.05, 0.1) is 11.7 Å². The van der Waals surface area contributed by atoms with Crippen molar-refractivity contribution in [2.75, 3.05) is 5.32 Å². The van der Waals surface area contributed by atoms with E-state index >= 15 is 0 Å². The number of rotatable bonds is 2. The maximum Gasteiger partial charge on any atom is 0.181 e. The van der Waals surface area contributed by atoms with E-state index in [0.717, 1.165) is 25.3 Å². The lowest BCUT2D eigenvalue weighted by atomic mass is 9.94. The molecule has 1 aromatic carbocycles. The van der Waals surface area contributed by atoms with E-state index in [1.165, 1.54) is 16.5 Å². The molecule has 1 aromatic heterocycles. The number of benzene rings is 1. The van der Waals surface area contributed by atoms with Crippen LogP contribution in [0.3, 0.4) is 0 Å². The molecule has 1 aliphatic rings. The number of halogens is 2.